The highest BCUT2D eigenvalue weighted by molar-refractivity contribution is 6.25. The lowest BCUT2D eigenvalue weighted by atomic mass is 10.0. The normalized spacial score (nSPS) is 22.2. The molecule has 0 spiro atoms. The minimum Gasteiger partial charge on any atom is -0.383 e. The van der Waals surface area contributed by atoms with Gasteiger partial charge >= 0.3 is 0 Å². The maximum atomic E-state index is 13.1. The topological polar surface area (TPSA) is 102 Å². The summed E-state index contributed by atoms with van der Waals surface area (Å²) >= 11 is 0. The van der Waals surface area contributed by atoms with Crippen molar-refractivity contribution in [2.24, 2.45) is 0 Å². The van der Waals surface area contributed by atoms with Crippen molar-refractivity contribution in [2.75, 3.05) is 44.6 Å². The van der Waals surface area contributed by atoms with Crippen LogP contribution in [0.3, 0.4) is 0 Å². The second-order valence-electron chi connectivity index (χ2n) is 7.77. The molecule has 158 valence electrons. The highest BCUT2D eigenvalue weighted by atomic mass is 16.2. The van der Waals surface area contributed by atoms with E-state index in [1.807, 2.05) is 0 Å². The van der Waals surface area contributed by atoms with Crippen LogP contribution in [-0.4, -0.2) is 84.1 Å². The molecule has 9 nitrogen and oxygen atoms in total. The monoisotopic (exact) mass is 411 g/mol. The third kappa shape index (κ3) is 3.68. The van der Waals surface area contributed by atoms with Gasteiger partial charge in [-0.3, -0.25) is 29.0 Å². The fourth-order valence-corrected chi connectivity index (χ4v) is 4.18. The van der Waals surface area contributed by atoms with E-state index in [-0.39, 0.29) is 5.91 Å². The number of carbonyl (C=O) groups is 4. The number of nitrogens with zero attached hydrogens (tertiary/aromatic N) is 3. The van der Waals surface area contributed by atoms with Crippen molar-refractivity contribution in [3.05, 3.63) is 41.6 Å². The van der Waals surface area contributed by atoms with Crippen molar-refractivity contribution in [3.63, 3.8) is 0 Å². The number of benzene rings is 1. The summed E-state index contributed by atoms with van der Waals surface area (Å²) in [6, 6.07) is 4.33. The lowest BCUT2D eigenvalue weighted by Crippen LogP contribution is -2.51. The van der Waals surface area contributed by atoms with Crippen molar-refractivity contribution >= 4 is 29.8 Å². The van der Waals surface area contributed by atoms with Gasteiger partial charge in [0.2, 0.25) is 12.3 Å². The lowest BCUT2D eigenvalue weighted by Gasteiger charge is -2.32. The maximum Gasteiger partial charge on any atom is 0.264 e. The number of hydrogen-bond acceptors (Lipinski definition) is 6. The predicted molar refractivity (Wildman–Crippen MR) is 110 cm³/mol. The Balaban J connectivity index is 1.43. The van der Waals surface area contributed by atoms with Crippen LogP contribution in [0.1, 0.15) is 33.6 Å². The van der Waals surface area contributed by atoms with Crippen LogP contribution in [-0.2, 0) is 9.59 Å². The summed E-state index contributed by atoms with van der Waals surface area (Å²) in [5, 5.41) is 5.91. The first-order valence-corrected chi connectivity index (χ1v) is 10.1. The molecule has 1 aromatic carbocycles. The maximum absolute atomic E-state index is 13.1. The van der Waals surface area contributed by atoms with Crippen LogP contribution in [0.4, 0.5) is 5.69 Å². The van der Waals surface area contributed by atoms with E-state index < -0.39 is 17.9 Å². The largest absolute Gasteiger partial charge is 0.383 e. The second kappa shape index (κ2) is 8.27. The number of nitrogens with one attached hydrogen (secondary N) is 2. The summed E-state index contributed by atoms with van der Waals surface area (Å²) in [6.07, 6.45) is 1.79. The van der Waals surface area contributed by atoms with Crippen LogP contribution in [0, 0.1) is 0 Å². The Bertz CT molecular complexity index is 907. The molecule has 1 atom stereocenters. The quantitative estimate of drug-likeness (QED) is 0.514. The van der Waals surface area contributed by atoms with E-state index in [1.54, 1.807) is 23.1 Å². The number of piperazine rings is 1. The molecule has 0 aliphatic carbocycles. The van der Waals surface area contributed by atoms with Crippen LogP contribution < -0.4 is 10.6 Å². The van der Waals surface area contributed by atoms with Gasteiger partial charge in [0.25, 0.3) is 11.8 Å². The molecule has 30 heavy (non-hydrogen) atoms. The molecule has 4 rings (SSSR count). The third-order valence-corrected chi connectivity index (χ3v) is 5.88. The van der Waals surface area contributed by atoms with Crippen molar-refractivity contribution in [1.29, 1.82) is 0 Å². The number of fused-ring (bicyclic) bond motifs is 1. The highest BCUT2D eigenvalue weighted by Gasteiger charge is 2.44. The first-order chi connectivity index (χ1) is 14.5. The van der Waals surface area contributed by atoms with Crippen LogP contribution in [0.15, 0.2) is 30.5 Å². The molecular formula is C21H25N5O4. The molecule has 2 saturated heterocycles. The molecule has 3 aliphatic rings. The third-order valence-electron chi connectivity index (χ3n) is 5.88. The van der Waals surface area contributed by atoms with Crippen LogP contribution in [0.2, 0.25) is 0 Å². The van der Waals surface area contributed by atoms with E-state index in [1.165, 1.54) is 0 Å². The van der Waals surface area contributed by atoms with E-state index in [2.05, 4.69) is 22.1 Å². The minimum absolute atomic E-state index is 0.321. The van der Waals surface area contributed by atoms with Crippen molar-refractivity contribution in [1.82, 2.24) is 20.0 Å². The summed E-state index contributed by atoms with van der Waals surface area (Å²) in [6.45, 7) is 8.14. The fraction of sp³-hybridized carbons (Fsp3) is 0.429. The van der Waals surface area contributed by atoms with Gasteiger partial charge in [0.05, 0.1) is 11.1 Å². The van der Waals surface area contributed by atoms with Gasteiger partial charge in [-0.15, -0.1) is 0 Å². The van der Waals surface area contributed by atoms with Gasteiger partial charge in [0, 0.05) is 50.7 Å². The summed E-state index contributed by atoms with van der Waals surface area (Å²) in [5.74, 6) is -1.24. The van der Waals surface area contributed by atoms with Crippen LogP contribution in [0.5, 0.6) is 0 Å². The number of amides is 4. The molecule has 0 bridgehead atoms. The zero-order valence-electron chi connectivity index (χ0n) is 16.7. The zero-order chi connectivity index (χ0) is 21.3. The highest BCUT2D eigenvalue weighted by Crippen LogP contribution is 2.32. The number of imide groups is 1. The van der Waals surface area contributed by atoms with Gasteiger partial charge < -0.3 is 15.5 Å². The van der Waals surface area contributed by atoms with Gasteiger partial charge in [0.15, 0.2) is 0 Å². The Labute approximate surface area is 174 Å². The van der Waals surface area contributed by atoms with Gasteiger partial charge in [0.1, 0.15) is 6.04 Å². The summed E-state index contributed by atoms with van der Waals surface area (Å²) in [5.41, 5.74) is 1.84. The van der Waals surface area contributed by atoms with E-state index in [9.17, 15) is 19.2 Å². The second-order valence-corrected chi connectivity index (χ2v) is 7.77. The molecule has 2 N–H and O–H groups in total. The summed E-state index contributed by atoms with van der Waals surface area (Å²) in [4.78, 5) is 54.2. The first-order valence-electron chi connectivity index (χ1n) is 10.1. The Kier molecular flexibility index (Phi) is 5.54. The average molecular weight is 411 g/mol. The molecule has 1 aromatic rings. The number of anilines is 1. The fourth-order valence-electron chi connectivity index (χ4n) is 4.18. The van der Waals surface area contributed by atoms with Gasteiger partial charge in [-0.25, -0.2) is 0 Å². The van der Waals surface area contributed by atoms with E-state index in [0.717, 1.165) is 30.9 Å². The Morgan fingerprint density at radius 3 is 2.60 bits per heavy atom. The minimum atomic E-state index is -0.815. The number of hydrogen-bond donors (Lipinski definition) is 2. The molecule has 3 aliphatic heterocycles. The van der Waals surface area contributed by atoms with Crippen LogP contribution >= 0.6 is 0 Å². The van der Waals surface area contributed by atoms with Crippen LogP contribution in [0.25, 0.3) is 0 Å². The number of carbonyl (C=O) groups excluding carboxylic acids is 4. The molecule has 0 saturated carbocycles. The van der Waals surface area contributed by atoms with Crippen molar-refractivity contribution in [2.45, 2.75) is 18.9 Å². The lowest BCUT2D eigenvalue weighted by molar-refractivity contribution is -0.125. The predicted octanol–water partition coefficient (Wildman–Crippen LogP) is 0.261. The molecular weight excluding hydrogens is 386 g/mol. The molecule has 2 fully saturated rings. The SMILES string of the molecule is C=C1CCC(N2C(=O)c3cccc(NCCN4CCN(C=O)CC4)c3C2=O)C(=O)N1. The zero-order valence-corrected chi connectivity index (χ0v) is 16.7. The Hall–Kier alpha value is -3.20. The first kappa shape index (κ1) is 20.1. The molecule has 4 amide bonds. The standard InChI is InChI=1S/C21H25N5O4/c1-14-5-6-17(19(28)23-14)26-20(29)15-3-2-4-16(18(15)21(26)30)22-7-8-24-9-11-25(13-27)12-10-24/h2-4,13,17,22H,1,5-12H2,(H,23,28). The van der Waals surface area contributed by atoms with Crippen molar-refractivity contribution in [3.8, 4) is 0 Å². The van der Waals surface area contributed by atoms with E-state index >= 15 is 0 Å². The van der Waals surface area contributed by atoms with Gasteiger partial charge in [-0.1, -0.05) is 12.6 Å². The number of rotatable bonds is 6. The molecule has 9 heteroatoms. The molecule has 0 aromatic heterocycles. The molecule has 3 heterocycles. The summed E-state index contributed by atoms with van der Waals surface area (Å²) < 4.78 is 0. The van der Waals surface area contributed by atoms with Crippen molar-refractivity contribution < 1.29 is 19.2 Å². The van der Waals surface area contributed by atoms with E-state index in [0.29, 0.717) is 55.0 Å². The molecule has 1 unspecified atom stereocenters. The summed E-state index contributed by atoms with van der Waals surface area (Å²) in [7, 11) is 0. The van der Waals surface area contributed by atoms with Gasteiger partial charge in [-0.05, 0) is 25.0 Å². The Morgan fingerprint density at radius 2 is 1.90 bits per heavy atom. The smallest absolute Gasteiger partial charge is 0.264 e. The number of piperidine rings is 1. The average Bonchev–Trinajstić information content (AvgIpc) is 3.00. The Morgan fingerprint density at radius 1 is 1.13 bits per heavy atom. The number of allylic oxidation sites excluding steroid dienone is 1. The van der Waals surface area contributed by atoms with Gasteiger partial charge in [-0.2, -0.15) is 0 Å². The van der Waals surface area contributed by atoms with E-state index in [4.69, 9.17) is 0 Å². The molecule has 0 radical (unpaired) electrons.